The van der Waals surface area contributed by atoms with E-state index in [-0.39, 0.29) is 36.8 Å². The molecule has 5 atom stereocenters. The van der Waals surface area contributed by atoms with E-state index >= 15 is 0 Å². The smallest absolute Gasteiger partial charge is 0.390 e. The Hall–Kier alpha value is -2.35. The van der Waals surface area contributed by atoms with E-state index in [0.29, 0.717) is 19.4 Å². The molecule has 0 saturated carbocycles. The zero-order chi connectivity index (χ0) is 36.7. The number of carbonyl (C=O) groups is 2. The van der Waals surface area contributed by atoms with Gasteiger partial charge in [-0.1, -0.05) is 25.0 Å². The largest absolute Gasteiger partial charge is 0.490 e. The van der Waals surface area contributed by atoms with Crippen LogP contribution in [0.5, 0.6) is 0 Å². The molecule has 1 aromatic heterocycles. The highest BCUT2D eigenvalue weighted by molar-refractivity contribution is 7.66. The van der Waals surface area contributed by atoms with Gasteiger partial charge in [-0.3, -0.25) is 28.5 Å². The molecular formula is C25H44N5O16P3. The van der Waals surface area contributed by atoms with Gasteiger partial charge in [-0.05, 0) is 39.3 Å². The van der Waals surface area contributed by atoms with E-state index in [9.17, 15) is 47.8 Å². The molecule has 0 aromatic carbocycles. The van der Waals surface area contributed by atoms with Crippen LogP contribution in [0.2, 0.25) is 0 Å². The molecule has 9 N–H and O–H groups in total. The third kappa shape index (κ3) is 17.4. The topological polar surface area (TPSA) is 314 Å². The van der Waals surface area contributed by atoms with E-state index in [1.165, 1.54) is 12.2 Å². The minimum atomic E-state index is -5.75. The Labute approximate surface area is 280 Å². The quantitative estimate of drug-likeness (QED) is 0.0528. The third-order valence-corrected chi connectivity index (χ3v) is 10.6. The van der Waals surface area contributed by atoms with E-state index in [0.717, 1.165) is 49.4 Å². The number of ether oxygens (including phenoxy) is 1. The number of phosphoric acid groups is 3. The lowest BCUT2D eigenvalue weighted by atomic mass is 10.1. The molecule has 0 aliphatic carbocycles. The van der Waals surface area contributed by atoms with Crippen molar-refractivity contribution in [2.24, 2.45) is 0 Å². The Bertz CT molecular complexity index is 1530. The molecule has 1 aromatic rings. The molecular weight excluding hydrogens is 719 g/mol. The number of aromatic amines is 1. The molecule has 0 spiro atoms. The van der Waals surface area contributed by atoms with Crippen LogP contribution in [-0.2, 0) is 41.2 Å². The summed E-state index contributed by atoms with van der Waals surface area (Å²) in [7, 11) is -14.9. The average molecular weight is 764 g/mol. The number of nitrogens with one attached hydrogen (secondary N) is 4. The molecule has 21 nitrogen and oxygen atoms in total. The predicted octanol–water partition coefficient (Wildman–Crippen LogP) is 0.114. The van der Waals surface area contributed by atoms with Gasteiger partial charge in [0.2, 0.25) is 11.8 Å². The van der Waals surface area contributed by atoms with Crippen LogP contribution >= 0.6 is 23.5 Å². The molecule has 1 fully saturated rings. The average Bonchev–Trinajstić information content (AvgIpc) is 3.34. The fraction of sp³-hybridized carbons (Fsp3) is 0.680. The van der Waals surface area contributed by atoms with Crippen molar-refractivity contribution >= 4 is 41.4 Å². The van der Waals surface area contributed by atoms with Crippen LogP contribution in [0, 0.1) is 0 Å². The first-order valence-electron chi connectivity index (χ1n) is 15.2. The van der Waals surface area contributed by atoms with Gasteiger partial charge in [-0.2, -0.15) is 8.62 Å². The summed E-state index contributed by atoms with van der Waals surface area (Å²) in [4.78, 5) is 86.8. The molecule has 2 heterocycles. The lowest BCUT2D eigenvalue weighted by Gasteiger charge is -2.19. The van der Waals surface area contributed by atoms with Crippen molar-refractivity contribution in [3.63, 3.8) is 0 Å². The fourth-order valence-corrected chi connectivity index (χ4v) is 7.48. The summed E-state index contributed by atoms with van der Waals surface area (Å²) in [6.45, 7) is 0.604. The maximum Gasteiger partial charge on any atom is 0.490 e. The maximum absolute atomic E-state index is 12.4. The number of unbranched alkanes of at least 4 members (excludes halogenated alkanes) is 4. The number of phosphoric ester groups is 1. The van der Waals surface area contributed by atoms with Crippen LogP contribution in [0.4, 0.5) is 0 Å². The highest BCUT2D eigenvalue weighted by atomic mass is 31.3. The van der Waals surface area contributed by atoms with Gasteiger partial charge >= 0.3 is 29.2 Å². The minimum absolute atomic E-state index is 0.0105. The van der Waals surface area contributed by atoms with Crippen LogP contribution in [0.1, 0.15) is 69.6 Å². The maximum atomic E-state index is 12.4. The van der Waals surface area contributed by atoms with E-state index in [1.807, 2.05) is 7.05 Å². The normalized spacial score (nSPS) is 20.6. The van der Waals surface area contributed by atoms with E-state index < -0.39 is 59.8 Å². The summed E-state index contributed by atoms with van der Waals surface area (Å²) < 4.78 is 52.3. The summed E-state index contributed by atoms with van der Waals surface area (Å²) in [6.07, 6.45) is 5.41. The Kier molecular flexibility index (Phi) is 17.9. The summed E-state index contributed by atoms with van der Waals surface area (Å²) in [5.74, 6) is -0.196. The highest BCUT2D eigenvalue weighted by Gasteiger charge is 2.43. The van der Waals surface area contributed by atoms with Gasteiger partial charge < -0.3 is 45.4 Å². The van der Waals surface area contributed by atoms with E-state index in [1.54, 1.807) is 0 Å². The second-order valence-corrected chi connectivity index (χ2v) is 15.3. The molecule has 2 unspecified atom stereocenters. The number of nitrogens with zero attached hydrogens (tertiary/aromatic N) is 1. The predicted molar refractivity (Wildman–Crippen MR) is 172 cm³/mol. The summed E-state index contributed by atoms with van der Waals surface area (Å²) >= 11 is 0. The molecule has 24 heteroatoms. The van der Waals surface area contributed by atoms with Crippen LogP contribution < -0.4 is 27.2 Å². The van der Waals surface area contributed by atoms with Crippen LogP contribution in [-0.4, -0.2) is 91.5 Å². The second-order valence-electron chi connectivity index (χ2n) is 10.9. The number of hydrogen-bond donors (Lipinski definition) is 9. The fourth-order valence-electron chi connectivity index (χ4n) is 4.46. The van der Waals surface area contributed by atoms with Gasteiger partial charge in [0.1, 0.15) is 12.3 Å². The Balaban J connectivity index is 1.78. The van der Waals surface area contributed by atoms with Gasteiger partial charge in [-0.25, -0.2) is 18.5 Å². The monoisotopic (exact) mass is 763 g/mol. The Morgan fingerprint density at radius 1 is 0.959 bits per heavy atom. The van der Waals surface area contributed by atoms with E-state index in [2.05, 4.69) is 34.1 Å². The standard InChI is InChI=1S/C25H44N5O16P3/c1-26-12-6-2-4-10-21(32)27-13-7-3-5-11-22(33)28-14-8-9-18-16-30(25(35)29-24(18)34)23-15-19(31)20(44-23)17-43-48(39,40)46-49(41,42)45-47(36,37)38/h8-9,16,19-20,23,26,31H,2-7,10-15,17H2,1H3,(H,27,32)(H,28,33)(H,39,40)(H,41,42)(H,29,34,35)(H2,36,37,38)/b9-8+/t19-,20+,23+/m0/s1. The molecule has 49 heavy (non-hydrogen) atoms. The lowest BCUT2D eigenvalue weighted by molar-refractivity contribution is -0.122. The SMILES string of the molecule is CNCCCCCC(=O)NCCCCCC(=O)NC/C=C/c1cn([C@H]2C[C@H](O)[C@@H](COP(=O)(O)OP(=O)(O)OP(=O)(O)O)O2)c(=O)[nH]c1=O. The van der Waals surface area contributed by atoms with Gasteiger partial charge in [0.05, 0.1) is 18.3 Å². The summed E-state index contributed by atoms with van der Waals surface area (Å²) in [5.41, 5.74) is -1.68. The van der Waals surface area contributed by atoms with Crippen molar-refractivity contribution in [2.75, 3.05) is 33.3 Å². The molecule has 280 valence electrons. The second kappa shape index (κ2) is 20.5. The van der Waals surface area contributed by atoms with Crippen LogP contribution in [0.25, 0.3) is 6.08 Å². The van der Waals surface area contributed by atoms with E-state index in [4.69, 9.17) is 14.5 Å². The number of H-pyrrole nitrogens is 1. The zero-order valence-electron chi connectivity index (χ0n) is 26.7. The van der Waals surface area contributed by atoms with Crippen molar-refractivity contribution in [1.82, 2.24) is 25.5 Å². The minimum Gasteiger partial charge on any atom is -0.390 e. The van der Waals surface area contributed by atoms with Crippen molar-refractivity contribution in [1.29, 1.82) is 0 Å². The number of hydrogen-bond acceptors (Lipinski definition) is 13. The highest BCUT2D eigenvalue weighted by Crippen LogP contribution is 2.66. The molecule has 0 bridgehead atoms. The number of amides is 2. The van der Waals surface area contributed by atoms with Crippen molar-refractivity contribution in [3.05, 3.63) is 38.7 Å². The number of aliphatic hydroxyl groups excluding tert-OH is 1. The van der Waals surface area contributed by atoms with Gasteiger partial charge in [0.15, 0.2) is 0 Å². The first kappa shape index (κ1) is 42.8. The summed E-state index contributed by atoms with van der Waals surface area (Å²) in [6, 6.07) is 0. The molecule has 2 rings (SSSR count). The summed E-state index contributed by atoms with van der Waals surface area (Å²) in [5, 5.41) is 18.9. The lowest BCUT2D eigenvalue weighted by Crippen LogP contribution is -2.33. The van der Waals surface area contributed by atoms with Crippen molar-refractivity contribution in [3.8, 4) is 0 Å². The molecule has 2 amide bonds. The van der Waals surface area contributed by atoms with Gasteiger partial charge in [0.25, 0.3) is 5.56 Å². The number of aromatic nitrogens is 2. The molecule has 1 aliphatic heterocycles. The first-order valence-corrected chi connectivity index (χ1v) is 19.8. The first-order chi connectivity index (χ1) is 22.9. The van der Waals surface area contributed by atoms with Crippen LogP contribution in [0.3, 0.4) is 0 Å². The molecule has 1 saturated heterocycles. The number of aliphatic hydroxyl groups is 1. The van der Waals surface area contributed by atoms with Crippen molar-refractivity contribution in [2.45, 2.75) is 76.2 Å². The molecule has 1 aliphatic rings. The van der Waals surface area contributed by atoms with Gasteiger partial charge in [-0.15, -0.1) is 0 Å². The van der Waals surface area contributed by atoms with Crippen molar-refractivity contribution < 1.29 is 65.8 Å². The molecule has 0 radical (unpaired) electrons. The Morgan fingerprint density at radius 3 is 2.22 bits per heavy atom. The zero-order valence-corrected chi connectivity index (χ0v) is 29.4. The third-order valence-electron chi connectivity index (χ3n) is 6.78. The number of rotatable bonds is 23. The Morgan fingerprint density at radius 2 is 1.59 bits per heavy atom. The van der Waals surface area contributed by atoms with Gasteiger partial charge in [0, 0.05) is 38.5 Å². The van der Waals surface area contributed by atoms with Crippen LogP contribution in [0.15, 0.2) is 21.9 Å². The number of carbonyl (C=O) groups excluding carboxylic acids is 2.